The average Bonchev–Trinajstić information content (AvgIpc) is 2.77. The van der Waals surface area contributed by atoms with Crippen molar-refractivity contribution in [2.75, 3.05) is 0 Å². The minimum atomic E-state index is -4.27. The van der Waals surface area contributed by atoms with Crippen LogP contribution in [0.25, 0.3) is 0 Å². The topological polar surface area (TPSA) is 12.9 Å². The minimum Gasteiger partial charge on any atom is -0.246 e. The summed E-state index contributed by atoms with van der Waals surface area (Å²) in [4.78, 5) is 4.47. The van der Waals surface area contributed by atoms with Crippen molar-refractivity contribution in [2.24, 2.45) is 0 Å². The number of aromatic nitrogens is 1. The molecule has 0 atom stereocenters. The van der Waals surface area contributed by atoms with Crippen LogP contribution in [0.1, 0.15) is 41.6 Å². The van der Waals surface area contributed by atoms with Gasteiger partial charge in [0.15, 0.2) is 0 Å². The number of halogens is 3. The zero-order chi connectivity index (χ0) is 14.0. The first-order valence-corrected chi connectivity index (χ1v) is 6.84. The molecule has 0 radical (unpaired) electrons. The summed E-state index contributed by atoms with van der Waals surface area (Å²) in [6, 6.07) is 5.25. The molecule has 102 valence electrons. The maximum atomic E-state index is 12.4. The van der Waals surface area contributed by atoms with Crippen LogP contribution in [0.5, 0.6) is 0 Å². The SMILES string of the molecule is CC(C)c1nc(Cc2ccc(C(F)(F)F)cc2)cs1. The van der Waals surface area contributed by atoms with E-state index in [1.54, 1.807) is 11.3 Å². The molecule has 2 rings (SSSR count). The fourth-order valence-electron chi connectivity index (χ4n) is 1.69. The molecule has 0 unspecified atom stereocenters. The van der Waals surface area contributed by atoms with E-state index in [9.17, 15) is 13.2 Å². The molecule has 0 saturated heterocycles. The van der Waals surface area contributed by atoms with E-state index in [2.05, 4.69) is 18.8 Å². The molecule has 0 aliphatic rings. The predicted molar refractivity (Wildman–Crippen MR) is 70.5 cm³/mol. The zero-order valence-corrected chi connectivity index (χ0v) is 11.5. The summed E-state index contributed by atoms with van der Waals surface area (Å²) in [5.74, 6) is 0.381. The van der Waals surface area contributed by atoms with Crippen molar-refractivity contribution in [1.29, 1.82) is 0 Å². The fraction of sp³-hybridized carbons (Fsp3) is 0.357. The van der Waals surface area contributed by atoms with E-state index in [-0.39, 0.29) is 0 Å². The van der Waals surface area contributed by atoms with Crippen molar-refractivity contribution in [1.82, 2.24) is 4.98 Å². The molecule has 1 heterocycles. The highest BCUT2D eigenvalue weighted by Crippen LogP contribution is 2.29. The third-order valence-corrected chi connectivity index (χ3v) is 3.92. The molecule has 0 N–H and O–H groups in total. The smallest absolute Gasteiger partial charge is 0.246 e. The van der Waals surface area contributed by atoms with Crippen LogP contribution >= 0.6 is 11.3 Å². The van der Waals surface area contributed by atoms with Crippen LogP contribution < -0.4 is 0 Å². The van der Waals surface area contributed by atoms with Gasteiger partial charge in [-0.15, -0.1) is 11.3 Å². The second kappa shape index (κ2) is 5.33. The predicted octanol–water partition coefficient (Wildman–Crippen LogP) is 4.88. The number of rotatable bonds is 3. The Morgan fingerprint density at radius 2 is 1.79 bits per heavy atom. The summed E-state index contributed by atoms with van der Waals surface area (Å²) in [7, 11) is 0. The van der Waals surface area contributed by atoms with Crippen molar-refractivity contribution < 1.29 is 13.2 Å². The Morgan fingerprint density at radius 3 is 2.26 bits per heavy atom. The van der Waals surface area contributed by atoms with Gasteiger partial charge in [0.05, 0.1) is 16.3 Å². The zero-order valence-electron chi connectivity index (χ0n) is 10.7. The lowest BCUT2D eigenvalue weighted by Crippen LogP contribution is -2.04. The lowest BCUT2D eigenvalue weighted by Gasteiger charge is -2.06. The number of hydrogen-bond donors (Lipinski definition) is 0. The van der Waals surface area contributed by atoms with Crippen LogP contribution in [0.3, 0.4) is 0 Å². The van der Waals surface area contributed by atoms with Gasteiger partial charge < -0.3 is 0 Å². The van der Waals surface area contributed by atoms with E-state index in [1.165, 1.54) is 12.1 Å². The van der Waals surface area contributed by atoms with Gasteiger partial charge >= 0.3 is 6.18 Å². The van der Waals surface area contributed by atoms with Crippen LogP contribution in [0.15, 0.2) is 29.6 Å². The quantitative estimate of drug-likeness (QED) is 0.783. The van der Waals surface area contributed by atoms with E-state index in [0.29, 0.717) is 12.3 Å². The van der Waals surface area contributed by atoms with E-state index >= 15 is 0 Å². The lowest BCUT2D eigenvalue weighted by atomic mass is 10.1. The fourth-order valence-corrected chi connectivity index (χ4v) is 2.52. The van der Waals surface area contributed by atoms with Crippen LogP contribution in [-0.2, 0) is 12.6 Å². The highest BCUT2D eigenvalue weighted by molar-refractivity contribution is 7.09. The Kier molecular flexibility index (Phi) is 3.94. The van der Waals surface area contributed by atoms with Crippen LogP contribution in [0.2, 0.25) is 0 Å². The number of alkyl halides is 3. The van der Waals surface area contributed by atoms with Crippen molar-refractivity contribution in [3.05, 3.63) is 51.5 Å². The molecule has 19 heavy (non-hydrogen) atoms. The summed E-state index contributed by atoms with van der Waals surface area (Å²) < 4.78 is 37.3. The number of nitrogens with zero attached hydrogens (tertiary/aromatic N) is 1. The van der Waals surface area contributed by atoms with Gasteiger partial charge in [0.1, 0.15) is 0 Å². The Morgan fingerprint density at radius 1 is 1.16 bits per heavy atom. The third kappa shape index (κ3) is 3.56. The minimum absolute atomic E-state index is 0.381. The van der Waals surface area contributed by atoms with Gasteiger partial charge in [-0.3, -0.25) is 0 Å². The van der Waals surface area contributed by atoms with E-state index in [1.807, 2.05) is 5.38 Å². The monoisotopic (exact) mass is 285 g/mol. The molecule has 5 heteroatoms. The van der Waals surface area contributed by atoms with Gasteiger partial charge in [-0.05, 0) is 17.7 Å². The van der Waals surface area contributed by atoms with E-state index in [4.69, 9.17) is 0 Å². The van der Waals surface area contributed by atoms with Gasteiger partial charge in [-0.25, -0.2) is 4.98 Å². The molecule has 0 bridgehead atoms. The maximum absolute atomic E-state index is 12.4. The Balaban J connectivity index is 2.11. The van der Waals surface area contributed by atoms with Gasteiger partial charge in [0, 0.05) is 17.7 Å². The van der Waals surface area contributed by atoms with Crippen LogP contribution in [0, 0.1) is 0 Å². The largest absolute Gasteiger partial charge is 0.416 e. The third-order valence-electron chi connectivity index (χ3n) is 2.73. The van der Waals surface area contributed by atoms with Crippen LogP contribution in [0.4, 0.5) is 13.2 Å². The molecule has 0 spiro atoms. The maximum Gasteiger partial charge on any atom is 0.416 e. The summed E-state index contributed by atoms with van der Waals surface area (Å²) in [5.41, 5.74) is 1.14. The van der Waals surface area contributed by atoms with Crippen LogP contribution in [-0.4, -0.2) is 4.98 Å². The molecule has 0 aliphatic heterocycles. The summed E-state index contributed by atoms with van der Waals surface area (Å²) in [6.45, 7) is 4.14. The molecule has 0 aliphatic carbocycles. The van der Waals surface area contributed by atoms with Crippen molar-refractivity contribution in [3.8, 4) is 0 Å². The first-order valence-electron chi connectivity index (χ1n) is 5.96. The summed E-state index contributed by atoms with van der Waals surface area (Å²) in [5, 5.41) is 3.02. The number of hydrogen-bond acceptors (Lipinski definition) is 2. The van der Waals surface area contributed by atoms with Gasteiger partial charge in [0.25, 0.3) is 0 Å². The summed E-state index contributed by atoms with van der Waals surface area (Å²) >= 11 is 1.59. The van der Waals surface area contributed by atoms with Gasteiger partial charge in [-0.1, -0.05) is 26.0 Å². The molecule has 2 aromatic rings. The first kappa shape index (κ1) is 14.1. The molecular weight excluding hydrogens is 271 g/mol. The molecular formula is C14H14F3NS. The second-order valence-corrected chi connectivity index (χ2v) is 5.59. The average molecular weight is 285 g/mol. The van der Waals surface area contributed by atoms with Crippen molar-refractivity contribution >= 4 is 11.3 Å². The normalized spacial score (nSPS) is 12.1. The number of benzene rings is 1. The standard InChI is InChI=1S/C14H14F3NS/c1-9(2)13-18-12(8-19-13)7-10-3-5-11(6-4-10)14(15,16)17/h3-6,8-9H,7H2,1-2H3. The summed E-state index contributed by atoms with van der Waals surface area (Å²) in [6.07, 6.45) is -3.70. The molecule has 0 saturated carbocycles. The Labute approximate surface area is 114 Å². The molecule has 1 aromatic carbocycles. The highest BCUT2D eigenvalue weighted by atomic mass is 32.1. The number of thiazole rings is 1. The van der Waals surface area contributed by atoms with Gasteiger partial charge in [0.2, 0.25) is 0 Å². The Hall–Kier alpha value is -1.36. The molecule has 0 amide bonds. The highest BCUT2D eigenvalue weighted by Gasteiger charge is 2.29. The Bertz CT molecular complexity index is 541. The lowest BCUT2D eigenvalue weighted by molar-refractivity contribution is -0.137. The molecule has 1 aromatic heterocycles. The van der Waals surface area contributed by atoms with E-state index < -0.39 is 11.7 Å². The second-order valence-electron chi connectivity index (χ2n) is 4.70. The van der Waals surface area contributed by atoms with Crippen molar-refractivity contribution in [2.45, 2.75) is 32.4 Å². The van der Waals surface area contributed by atoms with Gasteiger partial charge in [-0.2, -0.15) is 13.2 Å². The molecule has 0 fully saturated rings. The molecule has 1 nitrogen and oxygen atoms in total. The van der Waals surface area contributed by atoms with E-state index in [0.717, 1.165) is 28.4 Å². The first-order chi connectivity index (χ1) is 8.86. The van der Waals surface area contributed by atoms with Crippen molar-refractivity contribution in [3.63, 3.8) is 0 Å².